The zero-order valence-corrected chi connectivity index (χ0v) is 17.8. The lowest BCUT2D eigenvalue weighted by Gasteiger charge is -2.36. The molecule has 2 heterocycles. The van der Waals surface area contributed by atoms with Gasteiger partial charge in [0, 0.05) is 30.8 Å². The quantitative estimate of drug-likeness (QED) is 0.776. The third-order valence-corrected chi connectivity index (χ3v) is 6.16. The van der Waals surface area contributed by atoms with Gasteiger partial charge in [-0.25, -0.2) is 0 Å². The van der Waals surface area contributed by atoms with Crippen molar-refractivity contribution in [2.45, 2.75) is 52.5 Å². The maximum Gasteiger partial charge on any atom is 0.223 e. The van der Waals surface area contributed by atoms with Crippen LogP contribution in [0.4, 0.5) is 0 Å². The highest BCUT2D eigenvalue weighted by atomic mass is 32.1. The zero-order chi connectivity index (χ0) is 20.1. The van der Waals surface area contributed by atoms with Gasteiger partial charge in [0.15, 0.2) is 0 Å². The van der Waals surface area contributed by atoms with Gasteiger partial charge in [-0.1, -0.05) is 51.1 Å². The summed E-state index contributed by atoms with van der Waals surface area (Å²) >= 11 is 1.76. The highest BCUT2D eigenvalue weighted by molar-refractivity contribution is 7.10. The minimum atomic E-state index is -0.0485. The van der Waals surface area contributed by atoms with Crippen LogP contribution in [0.15, 0.2) is 41.8 Å². The number of nitrogens with one attached hydrogen (secondary N) is 1. The lowest BCUT2D eigenvalue weighted by atomic mass is 9.92. The summed E-state index contributed by atoms with van der Waals surface area (Å²) in [6, 6.07) is 12.3. The molecule has 28 heavy (non-hydrogen) atoms. The van der Waals surface area contributed by atoms with Crippen LogP contribution in [0.2, 0.25) is 0 Å². The second-order valence-corrected chi connectivity index (χ2v) is 9.61. The first-order chi connectivity index (χ1) is 13.3. The smallest absolute Gasteiger partial charge is 0.223 e. The van der Waals surface area contributed by atoms with Crippen LogP contribution in [-0.4, -0.2) is 29.8 Å². The number of nitrogens with zero attached hydrogens (tertiary/aromatic N) is 1. The van der Waals surface area contributed by atoms with Crippen molar-refractivity contribution >= 4 is 23.2 Å². The van der Waals surface area contributed by atoms with E-state index in [2.05, 4.69) is 49.7 Å². The molecule has 1 aliphatic rings. The molecule has 1 aromatic heterocycles. The lowest BCUT2D eigenvalue weighted by Crippen LogP contribution is -2.40. The zero-order valence-electron chi connectivity index (χ0n) is 17.0. The van der Waals surface area contributed by atoms with Crippen molar-refractivity contribution in [3.05, 3.63) is 57.8 Å². The number of hydrogen-bond acceptors (Lipinski definition) is 3. The van der Waals surface area contributed by atoms with Gasteiger partial charge in [0.2, 0.25) is 11.8 Å². The first kappa shape index (κ1) is 20.6. The molecule has 0 radical (unpaired) electrons. The molecule has 0 bridgehead atoms. The molecule has 1 N–H and O–H groups in total. The second kappa shape index (κ2) is 8.91. The third-order valence-electron chi connectivity index (χ3n) is 5.16. The monoisotopic (exact) mass is 398 g/mol. The average Bonchev–Trinajstić information content (AvgIpc) is 3.13. The maximum atomic E-state index is 13.0. The summed E-state index contributed by atoms with van der Waals surface area (Å²) in [4.78, 5) is 28.5. The van der Waals surface area contributed by atoms with Crippen LogP contribution in [0.1, 0.15) is 62.1 Å². The minimum absolute atomic E-state index is 0.0397. The van der Waals surface area contributed by atoms with Crippen LogP contribution >= 0.6 is 11.3 Å². The molecule has 0 fully saturated rings. The number of rotatable bonds is 6. The van der Waals surface area contributed by atoms with E-state index in [0.717, 1.165) is 18.4 Å². The van der Waals surface area contributed by atoms with Crippen molar-refractivity contribution in [2.24, 2.45) is 5.41 Å². The number of thiophene rings is 1. The molecule has 1 aliphatic heterocycles. The van der Waals surface area contributed by atoms with Crippen LogP contribution in [0.3, 0.4) is 0 Å². The summed E-state index contributed by atoms with van der Waals surface area (Å²) in [6.07, 6.45) is 2.32. The molecule has 2 aromatic rings. The number of amides is 2. The predicted octanol–water partition coefficient (Wildman–Crippen LogP) is 4.55. The molecule has 0 saturated carbocycles. The van der Waals surface area contributed by atoms with Gasteiger partial charge in [-0.2, -0.15) is 0 Å². The van der Waals surface area contributed by atoms with Crippen LogP contribution in [0, 0.1) is 5.41 Å². The standard InChI is InChI=1S/C23H30N2O2S/c1-23(2,3)13-14-24-20(26)9-10-21(27)25-15-11-19-18(12-16-28-19)22(25)17-7-5-4-6-8-17/h4-8,12,16,22H,9-11,13-15H2,1-3H3,(H,24,26). The van der Waals surface area contributed by atoms with E-state index in [0.29, 0.717) is 13.1 Å². The summed E-state index contributed by atoms with van der Waals surface area (Å²) in [5, 5.41) is 5.05. The Kier molecular flexibility index (Phi) is 6.55. The van der Waals surface area contributed by atoms with E-state index in [1.165, 1.54) is 10.4 Å². The van der Waals surface area contributed by atoms with E-state index in [9.17, 15) is 9.59 Å². The molecule has 1 atom stereocenters. The third kappa shape index (κ3) is 5.22. The Hall–Kier alpha value is -2.14. The Balaban J connectivity index is 1.63. The number of fused-ring (bicyclic) bond motifs is 1. The van der Waals surface area contributed by atoms with Crippen molar-refractivity contribution in [3.63, 3.8) is 0 Å². The molecule has 0 aliphatic carbocycles. The Bertz CT molecular complexity index is 808. The molecule has 1 aromatic carbocycles. The molecular formula is C23H30N2O2S. The normalized spacial score (nSPS) is 16.5. The first-order valence-corrected chi connectivity index (χ1v) is 10.9. The van der Waals surface area contributed by atoms with Gasteiger partial charge in [0.25, 0.3) is 0 Å². The summed E-state index contributed by atoms with van der Waals surface area (Å²) < 4.78 is 0. The second-order valence-electron chi connectivity index (χ2n) is 8.61. The molecule has 3 rings (SSSR count). The lowest BCUT2D eigenvalue weighted by molar-refractivity contribution is -0.135. The van der Waals surface area contributed by atoms with Crippen molar-refractivity contribution in [1.29, 1.82) is 0 Å². The van der Waals surface area contributed by atoms with E-state index < -0.39 is 0 Å². The van der Waals surface area contributed by atoms with Gasteiger partial charge in [-0.05, 0) is 40.8 Å². The van der Waals surface area contributed by atoms with Crippen LogP contribution < -0.4 is 5.32 Å². The average molecular weight is 399 g/mol. The predicted molar refractivity (Wildman–Crippen MR) is 114 cm³/mol. The van der Waals surface area contributed by atoms with Crippen molar-refractivity contribution in [1.82, 2.24) is 10.2 Å². The summed E-state index contributed by atoms with van der Waals surface area (Å²) in [5.74, 6) is 0.0127. The van der Waals surface area contributed by atoms with Crippen LogP contribution in [0.25, 0.3) is 0 Å². The highest BCUT2D eigenvalue weighted by Gasteiger charge is 2.32. The Morgan fingerprint density at radius 3 is 2.61 bits per heavy atom. The van der Waals surface area contributed by atoms with Gasteiger partial charge >= 0.3 is 0 Å². The molecular weight excluding hydrogens is 368 g/mol. The van der Waals surface area contributed by atoms with Gasteiger partial charge in [0.05, 0.1) is 6.04 Å². The van der Waals surface area contributed by atoms with Crippen molar-refractivity contribution in [3.8, 4) is 0 Å². The van der Waals surface area contributed by atoms with Gasteiger partial charge < -0.3 is 10.2 Å². The fraction of sp³-hybridized carbons (Fsp3) is 0.478. The Labute approximate surface area is 172 Å². The van der Waals surface area contributed by atoms with E-state index in [4.69, 9.17) is 0 Å². The van der Waals surface area contributed by atoms with E-state index in [1.807, 2.05) is 23.1 Å². The number of hydrogen-bond donors (Lipinski definition) is 1. The number of carbonyl (C=O) groups excluding carboxylic acids is 2. The number of benzene rings is 1. The molecule has 1 unspecified atom stereocenters. The fourth-order valence-electron chi connectivity index (χ4n) is 3.61. The molecule has 150 valence electrons. The first-order valence-electron chi connectivity index (χ1n) is 10.0. The SMILES string of the molecule is CC(C)(C)CCNC(=O)CCC(=O)N1CCc2sccc2C1c1ccccc1. The van der Waals surface area contributed by atoms with E-state index in [-0.39, 0.29) is 36.1 Å². The van der Waals surface area contributed by atoms with Gasteiger partial charge in [-0.15, -0.1) is 11.3 Å². The topological polar surface area (TPSA) is 49.4 Å². The summed E-state index contributed by atoms with van der Waals surface area (Å²) in [5.41, 5.74) is 2.55. The molecule has 0 spiro atoms. The van der Waals surface area contributed by atoms with Crippen LogP contribution in [0.5, 0.6) is 0 Å². The highest BCUT2D eigenvalue weighted by Crippen LogP contribution is 2.38. The van der Waals surface area contributed by atoms with Crippen molar-refractivity contribution < 1.29 is 9.59 Å². The summed E-state index contributed by atoms with van der Waals surface area (Å²) in [7, 11) is 0. The molecule has 4 nitrogen and oxygen atoms in total. The number of carbonyl (C=O) groups is 2. The van der Waals surface area contributed by atoms with E-state index in [1.54, 1.807) is 11.3 Å². The summed E-state index contributed by atoms with van der Waals surface area (Å²) in [6.45, 7) is 7.83. The molecule has 5 heteroatoms. The van der Waals surface area contributed by atoms with E-state index >= 15 is 0 Å². The largest absolute Gasteiger partial charge is 0.356 e. The Morgan fingerprint density at radius 2 is 1.89 bits per heavy atom. The molecule has 2 amide bonds. The van der Waals surface area contributed by atoms with Gasteiger partial charge in [0.1, 0.15) is 0 Å². The van der Waals surface area contributed by atoms with Crippen LogP contribution in [-0.2, 0) is 16.0 Å². The maximum absolute atomic E-state index is 13.0. The van der Waals surface area contributed by atoms with Gasteiger partial charge in [-0.3, -0.25) is 9.59 Å². The minimum Gasteiger partial charge on any atom is -0.356 e. The fourth-order valence-corrected chi connectivity index (χ4v) is 4.51. The molecule has 0 saturated heterocycles. The Morgan fingerprint density at radius 1 is 1.14 bits per heavy atom. The van der Waals surface area contributed by atoms with Crippen molar-refractivity contribution in [2.75, 3.05) is 13.1 Å².